The van der Waals surface area contributed by atoms with Crippen molar-refractivity contribution in [2.45, 2.75) is 46.0 Å². The number of likely N-dealkylation sites (tertiary alicyclic amines) is 1. The minimum absolute atomic E-state index is 0. The van der Waals surface area contributed by atoms with Gasteiger partial charge in [0.2, 0.25) is 0 Å². The molecule has 1 heterocycles. The summed E-state index contributed by atoms with van der Waals surface area (Å²) in [7, 11) is 1.91. The molecule has 0 bridgehead atoms. The number of aryl methyl sites for hydroxylation is 2. The van der Waals surface area contributed by atoms with E-state index in [9.17, 15) is 0 Å². The predicted molar refractivity (Wildman–Crippen MR) is 109 cm³/mol. The van der Waals surface area contributed by atoms with E-state index in [4.69, 9.17) is 0 Å². The van der Waals surface area contributed by atoms with Gasteiger partial charge in [-0.25, -0.2) is 0 Å². The van der Waals surface area contributed by atoms with Crippen LogP contribution >= 0.6 is 24.0 Å². The topological polar surface area (TPSA) is 27.6 Å². The third-order valence-electron chi connectivity index (χ3n) is 5.34. The van der Waals surface area contributed by atoms with E-state index in [1.54, 1.807) is 0 Å². The van der Waals surface area contributed by atoms with Gasteiger partial charge in [-0.05, 0) is 50.5 Å². The fraction of sp³-hybridized carbons (Fsp3) is 0.632. The van der Waals surface area contributed by atoms with Crippen LogP contribution in [0.5, 0.6) is 0 Å². The second kappa shape index (κ2) is 7.86. The molecule has 0 radical (unpaired) electrons. The number of nitrogens with zero attached hydrogens (tertiary/aromatic N) is 2. The third-order valence-corrected chi connectivity index (χ3v) is 5.34. The van der Waals surface area contributed by atoms with Gasteiger partial charge in [-0.3, -0.25) is 4.99 Å². The van der Waals surface area contributed by atoms with Gasteiger partial charge in [-0.2, -0.15) is 0 Å². The first-order chi connectivity index (χ1) is 10.6. The van der Waals surface area contributed by atoms with Crippen molar-refractivity contribution in [1.29, 1.82) is 0 Å². The summed E-state index contributed by atoms with van der Waals surface area (Å²) in [5.41, 5.74) is 4.75. The summed E-state index contributed by atoms with van der Waals surface area (Å²) < 4.78 is 0. The maximum absolute atomic E-state index is 4.49. The Morgan fingerprint density at radius 2 is 1.87 bits per heavy atom. The highest BCUT2D eigenvalue weighted by Gasteiger charge is 2.43. The van der Waals surface area contributed by atoms with E-state index in [1.807, 2.05) is 7.05 Å². The Morgan fingerprint density at radius 3 is 2.39 bits per heavy atom. The van der Waals surface area contributed by atoms with Gasteiger partial charge in [0.15, 0.2) is 5.96 Å². The van der Waals surface area contributed by atoms with E-state index in [1.165, 1.54) is 55.5 Å². The monoisotopic (exact) mass is 427 g/mol. The van der Waals surface area contributed by atoms with Crippen LogP contribution in [0.2, 0.25) is 0 Å². The number of aliphatic imine (C=N–C) groups is 1. The van der Waals surface area contributed by atoms with E-state index in [0.29, 0.717) is 5.41 Å². The van der Waals surface area contributed by atoms with Crippen molar-refractivity contribution in [1.82, 2.24) is 10.2 Å². The Hall–Kier alpha value is -0.780. The van der Waals surface area contributed by atoms with Gasteiger partial charge in [0, 0.05) is 26.7 Å². The maximum atomic E-state index is 4.49. The lowest BCUT2D eigenvalue weighted by molar-refractivity contribution is 0.151. The van der Waals surface area contributed by atoms with Crippen molar-refractivity contribution in [2.24, 2.45) is 10.4 Å². The molecule has 2 fully saturated rings. The summed E-state index contributed by atoms with van der Waals surface area (Å²) in [6.45, 7) is 7.68. The van der Waals surface area contributed by atoms with Crippen LogP contribution in [0.3, 0.4) is 0 Å². The number of hydrogen-bond acceptors (Lipinski definition) is 1. The molecule has 2 aliphatic rings. The molecular weight excluding hydrogens is 397 g/mol. The second-order valence-electron chi connectivity index (χ2n) is 7.25. The molecule has 1 saturated carbocycles. The van der Waals surface area contributed by atoms with E-state index in [2.05, 4.69) is 47.3 Å². The SMILES string of the molecule is CN=C(NCCc1cc(C)cc(C)c1)N1CCC2(CCC2)C1.I. The van der Waals surface area contributed by atoms with Crippen molar-refractivity contribution >= 4 is 29.9 Å². The molecule has 128 valence electrons. The Balaban J connectivity index is 0.00000192. The Morgan fingerprint density at radius 1 is 1.17 bits per heavy atom. The second-order valence-corrected chi connectivity index (χ2v) is 7.25. The fourth-order valence-corrected chi connectivity index (χ4v) is 4.07. The summed E-state index contributed by atoms with van der Waals surface area (Å²) in [4.78, 5) is 6.95. The van der Waals surface area contributed by atoms with Crippen molar-refractivity contribution in [3.05, 3.63) is 34.9 Å². The van der Waals surface area contributed by atoms with Crippen LogP contribution in [0.15, 0.2) is 23.2 Å². The van der Waals surface area contributed by atoms with Crippen molar-refractivity contribution < 1.29 is 0 Å². The zero-order chi connectivity index (χ0) is 15.6. The summed E-state index contributed by atoms with van der Waals surface area (Å²) in [5.74, 6) is 1.09. The molecular formula is C19H30IN3. The molecule has 1 saturated heterocycles. The predicted octanol–water partition coefficient (Wildman–Crippen LogP) is 3.92. The van der Waals surface area contributed by atoms with Crippen molar-refractivity contribution in [3.8, 4) is 0 Å². The Bertz CT molecular complexity index is 543. The molecule has 3 nitrogen and oxygen atoms in total. The lowest BCUT2D eigenvalue weighted by Crippen LogP contribution is -2.43. The number of rotatable bonds is 3. The largest absolute Gasteiger partial charge is 0.356 e. The van der Waals surface area contributed by atoms with E-state index >= 15 is 0 Å². The molecule has 1 aliphatic carbocycles. The lowest BCUT2D eigenvalue weighted by atomic mass is 9.68. The fourth-order valence-electron chi connectivity index (χ4n) is 4.07. The number of benzene rings is 1. The Kier molecular flexibility index (Phi) is 6.34. The standard InChI is InChI=1S/C19H29N3.HI/c1-15-11-16(2)13-17(12-15)5-9-21-18(20-3)22-10-8-19(14-22)6-4-7-19;/h11-13H,4-10,14H2,1-3H3,(H,20,21);1H. The highest BCUT2D eigenvalue weighted by Crippen LogP contribution is 2.47. The van der Waals surface area contributed by atoms with Gasteiger partial charge in [0.05, 0.1) is 0 Å². The number of halogens is 1. The van der Waals surface area contributed by atoms with Gasteiger partial charge in [-0.15, -0.1) is 24.0 Å². The normalized spacial score (nSPS) is 19.4. The van der Waals surface area contributed by atoms with Crippen molar-refractivity contribution in [3.63, 3.8) is 0 Å². The molecule has 0 aromatic heterocycles. The van der Waals surface area contributed by atoms with Gasteiger partial charge in [0.25, 0.3) is 0 Å². The van der Waals surface area contributed by atoms with E-state index in [0.717, 1.165) is 18.9 Å². The first kappa shape index (κ1) is 18.6. The van der Waals surface area contributed by atoms with Crippen LogP contribution in [-0.4, -0.2) is 37.5 Å². The van der Waals surface area contributed by atoms with Crippen LogP contribution in [0.1, 0.15) is 42.4 Å². The molecule has 1 spiro atoms. The van der Waals surface area contributed by atoms with Crippen LogP contribution in [-0.2, 0) is 6.42 Å². The van der Waals surface area contributed by atoms with Gasteiger partial charge in [-0.1, -0.05) is 35.7 Å². The van der Waals surface area contributed by atoms with Gasteiger partial charge < -0.3 is 10.2 Å². The molecule has 3 rings (SSSR count). The van der Waals surface area contributed by atoms with Crippen LogP contribution in [0, 0.1) is 19.3 Å². The number of hydrogen-bond donors (Lipinski definition) is 1. The maximum Gasteiger partial charge on any atom is 0.193 e. The lowest BCUT2D eigenvalue weighted by Gasteiger charge is -2.38. The minimum atomic E-state index is 0. The zero-order valence-electron chi connectivity index (χ0n) is 14.7. The van der Waals surface area contributed by atoms with Crippen LogP contribution in [0.25, 0.3) is 0 Å². The summed E-state index contributed by atoms with van der Waals surface area (Å²) in [5, 5.41) is 3.56. The van der Waals surface area contributed by atoms with Gasteiger partial charge in [0.1, 0.15) is 0 Å². The summed E-state index contributed by atoms with van der Waals surface area (Å²) in [6.07, 6.45) is 6.67. The molecule has 4 heteroatoms. The number of guanidine groups is 1. The van der Waals surface area contributed by atoms with Gasteiger partial charge >= 0.3 is 0 Å². The first-order valence-electron chi connectivity index (χ1n) is 8.63. The van der Waals surface area contributed by atoms with E-state index in [-0.39, 0.29) is 24.0 Å². The Labute approximate surface area is 158 Å². The molecule has 0 amide bonds. The van der Waals surface area contributed by atoms with Crippen LogP contribution < -0.4 is 5.32 Å². The zero-order valence-corrected chi connectivity index (χ0v) is 17.0. The minimum Gasteiger partial charge on any atom is -0.356 e. The molecule has 0 unspecified atom stereocenters. The number of nitrogens with one attached hydrogen (secondary N) is 1. The highest BCUT2D eigenvalue weighted by atomic mass is 127. The average Bonchev–Trinajstić information content (AvgIpc) is 2.88. The quantitative estimate of drug-likeness (QED) is 0.450. The first-order valence-corrected chi connectivity index (χ1v) is 8.63. The van der Waals surface area contributed by atoms with Crippen molar-refractivity contribution in [2.75, 3.05) is 26.7 Å². The highest BCUT2D eigenvalue weighted by molar-refractivity contribution is 14.0. The average molecular weight is 427 g/mol. The van der Waals surface area contributed by atoms with E-state index < -0.39 is 0 Å². The molecule has 1 aromatic carbocycles. The molecule has 1 N–H and O–H groups in total. The molecule has 0 atom stereocenters. The molecule has 1 aromatic rings. The van der Waals surface area contributed by atoms with Crippen LogP contribution in [0.4, 0.5) is 0 Å². The smallest absolute Gasteiger partial charge is 0.193 e. The third kappa shape index (κ3) is 4.40. The summed E-state index contributed by atoms with van der Waals surface area (Å²) in [6, 6.07) is 6.81. The summed E-state index contributed by atoms with van der Waals surface area (Å²) >= 11 is 0. The molecule has 1 aliphatic heterocycles. The molecule has 23 heavy (non-hydrogen) atoms.